The average molecular weight is 524 g/mol. The van der Waals surface area contributed by atoms with E-state index in [9.17, 15) is 4.79 Å². The Bertz CT molecular complexity index is 848. The van der Waals surface area contributed by atoms with Crippen LogP contribution in [0.25, 0.3) is 0 Å². The summed E-state index contributed by atoms with van der Waals surface area (Å²) in [4.78, 5) is 17.4. The van der Waals surface area contributed by atoms with Crippen LogP contribution in [0.15, 0.2) is 53.5 Å². The third kappa shape index (κ3) is 6.79. The molecular formula is C22H29IN4O3. The predicted octanol–water partition coefficient (Wildman–Crippen LogP) is 2.44. The van der Waals surface area contributed by atoms with Crippen molar-refractivity contribution in [1.82, 2.24) is 15.5 Å². The molecule has 1 aliphatic heterocycles. The number of fused-ring (bicyclic) bond motifs is 1. The molecular weight excluding hydrogens is 495 g/mol. The minimum Gasteiger partial charge on any atom is -0.488 e. The van der Waals surface area contributed by atoms with Crippen molar-refractivity contribution in [2.75, 3.05) is 34.3 Å². The third-order valence-electron chi connectivity index (χ3n) is 4.65. The van der Waals surface area contributed by atoms with Crippen LogP contribution in [-0.4, -0.2) is 57.2 Å². The standard InChI is InChI=1S/C22H28N4O3.HI/c1-23-22(25-14-19-12-17-8-4-5-10-20(17)29-19)24-13-16-7-6-9-18(11-16)28-15-21(27)26(2)3;/h4-11,19H,12-15H2,1-3H3,(H2,23,24,25);1H. The van der Waals surface area contributed by atoms with Crippen LogP contribution in [0.2, 0.25) is 0 Å². The highest BCUT2D eigenvalue weighted by atomic mass is 127. The van der Waals surface area contributed by atoms with Crippen molar-refractivity contribution >= 4 is 35.8 Å². The fraction of sp³-hybridized carbons (Fsp3) is 0.364. The summed E-state index contributed by atoms with van der Waals surface area (Å²) in [7, 11) is 5.16. The van der Waals surface area contributed by atoms with E-state index in [4.69, 9.17) is 9.47 Å². The van der Waals surface area contributed by atoms with E-state index >= 15 is 0 Å². The lowest BCUT2D eigenvalue weighted by atomic mass is 10.1. The summed E-state index contributed by atoms with van der Waals surface area (Å²) in [6.07, 6.45) is 0.988. The van der Waals surface area contributed by atoms with Crippen LogP contribution < -0.4 is 20.1 Å². The van der Waals surface area contributed by atoms with E-state index < -0.39 is 0 Å². The van der Waals surface area contributed by atoms with Crippen molar-refractivity contribution in [3.8, 4) is 11.5 Å². The highest BCUT2D eigenvalue weighted by Crippen LogP contribution is 2.27. The number of benzene rings is 2. The van der Waals surface area contributed by atoms with Crippen molar-refractivity contribution in [3.05, 3.63) is 59.7 Å². The fourth-order valence-corrected chi connectivity index (χ4v) is 3.00. The van der Waals surface area contributed by atoms with Crippen molar-refractivity contribution < 1.29 is 14.3 Å². The first-order chi connectivity index (χ1) is 14.0. The van der Waals surface area contributed by atoms with Crippen LogP contribution in [0.4, 0.5) is 0 Å². The van der Waals surface area contributed by atoms with Crippen LogP contribution in [0.3, 0.4) is 0 Å². The monoisotopic (exact) mass is 524 g/mol. The Morgan fingerprint density at radius 1 is 1.20 bits per heavy atom. The third-order valence-corrected chi connectivity index (χ3v) is 4.65. The number of halogens is 1. The lowest BCUT2D eigenvalue weighted by molar-refractivity contribution is -0.130. The van der Waals surface area contributed by atoms with Gasteiger partial charge in [0, 0.05) is 34.1 Å². The van der Waals surface area contributed by atoms with Crippen LogP contribution in [0.1, 0.15) is 11.1 Å². The maximum atomic E-state index is 11.7. The molecule has 7 nitrogen and oxygen atoms in total. The second kappa shape index (κ2) is 11.6. The molecule has 0 radical (unpaired) electrons. The number of amides is 1. The second-order valence-electron chi connectivity index (χ2n) is 7.08. The number of carbonyl (C=O) groups excluding carboxylic acids is 1. The first-order valence-corrected chi connectivity index (χ1v) is 9.66. The van der Waals surface area contributed by atoms with E-state index in [2.05, 4.69) is 21.7 Å². The molecule has 1 unspecified atom stereocenters. The predicted molar refractivity (Wildman–Crippen MR) is 129 cm³/mol. The number of ether oxygens (including phenoxy) is 2. The Morgan fingerprint density at radius 3 is 2.73 bits per heavy atom. The van der Waals surface area contributed by atoms with Gasteiger partial charge in [-0.25, -0.2) is 0 Å². The molecule has 2 aromatic rings. The zero-order chi connectivity index (χ0) is 20.6. The van der Waals surface area contributed by atoms with Crippen LogP contribution in [0, 0.1) is 0 Å². The van der Waals surface area contributed by atoms with Crippen molar-refractivity contribution in [2.24, 2.45) is 4.99 Å². The molecule has 0 saturated carbocycles. The van der Waals surface area contributed by atoms with E-state index in [1.807, 2.05) is 42.5 Å². The number of aliphatic imine (C=N–C) groups is 1. The van der Waals surface area contributed by atoms with Gasteiger partial charge in [0.2, 0.25) is 0 Å². The maximum absolute atomic E-state index is 11.7. The number of rotatable bonds is 7. The topological polar surface area (TPSA) is 75.2 Å². The van der Waals surface area contributed by atoms with E-state index in [1.54, 1.807) is 21.1 Å². The van der Waals surface area contributed by atoms with Gasteiger partial charge in [-0.3, -0.25) is 9.79 Å². The van der Waals surface area contributed by atoms with E-state index in [0.717, 1.165) is 17.7 Å². The first kappa shape index (κ1) is 23.8. The number of carbonyl (C=O) groups is 1. The summed E-state index contributed by atoms with van der Waals surface area (Å²) < 4.78 is 11.5. The van der Waals surface area contributed by atoms with Gasteiger partial charge in [0.1, 0.15) is 17.6 Å². The molecule has 30 heavy (non-hydrogen) atoms. The van der Waals surface area contributed by atoms with Gasteiger partial charge in [-0.05, 0) is 29.3 Å². The van der Waals surface area contributed by atoms with E-state index in [0.29, 0.717) is 24.8 Å². The number of para-hydroxylation sites is 1. The number of nitrogens with one attached hydrogen (secondary N) is 2. The van der Waals surface area contributed by atoms with Gasteiger partial charge >= 0.3 is 0 Å². The van der Waals surface area contributed by atoms with Gasteiger partial charge in [-0.2, -0.15) is 0 Å². The van der Waals surface area contributed by atoms with Gasteiger partial charge in [0.15, 0.2) is 12.6 Å². The Labute approximate surface area is 194 Å². The molecule has 8 heteroatoms. The first-order valence-electron chi connectivity index (χ1n) is 9.66. The van der Waals surface area contributed by atoms with Gasteiger partial charge < -0.3 is 25.0 Å². The molecule has 0 spiro atoms. The molecule has 2 aromatic carbocycles. The van der Waals surface area contributed by atoms with Crippen molar-refractivity contribution in [3.63, 3.8) is 0 Å². The Balaban J connectivity index is 0.00000320. The Kier molecular flexibility index (Phi) is 9.22. The van der Waals surface area contributed by atoms with Crippen LogP contribution in [-0.2, 0) is 17.8 Å². The summed E-state index contributed by atoms with van der Waals surface area (Å²) in [6.45, 7) is 1.28. The minimum atomic E-state index is -0.0746. The summed E-state index contributed by atoms with van der Waals surface area (Å²) in [5.74, 6) is 2.26. The lowest BCUT2D eigenvalue weighted by Crippen LogP contribution is -2.41. The zero-order valence-electron chi connectivity index (χ0n) is 17.6. The van der Waals surface area contributed by atoms with Crippen LogP contribution >= 0.6 is 24.0 Å². The normalized spacial score (nSPS) is 14.8. The molecule has 0 aliphatic carbocycles. The highest BCUT2D eigenvalue weighted by Gasteiger charge is 2.22. The van der Waals surface area contributed by atoms with E-state index in [-0.39, 0.29) is 42.6 Å². The zero-order valence-corrected chi connectivity index (χ0v) is 19.9. The highest BCUT2D eigenvalue weighted by molar-refractivity contribution is 14.0. The molecule has 0 saturated heterocycles. The number of guanidine groups is 1. The maximum Gasteiger partial charge on any atom is 0.259 e. The molecule has 1 amide bonds. The Morgan fingerprint density at radius 2 is 2.00 bits per heavy atom. The van der Waals surface area contributed by atoms with E-state index in [1.165, 1.54) is 10.5 Å². The van der Waals surface area contributed by atoms with Gasteiger partial charge in [0.25, 0.3) is 5.91 Å². The molecule has 1 atom stereocenters. The summed E-state index contributed by atoms with van der Waals surface area (Å²) in [5.41, 5.74) is 2.28. The molecule has 2 N–H and O–H groups in total. The smallest absolute Gasteiger partial charge is 0.259 e. The molecule has 1 aliphatic rings. The minimum absolute atomic E-state index is 0. The van der Waals surface area contributed by atoms with Crippen molar-refractivity contribution in [1.29, 1.82) is 0 Å². The molecule has 0 fully saturated rings. The number of hydrogen-bond acceptors (Lipinski definition) is 4. The number of hydrogen-bond donors (Lipinski definition) is 2. The summed E-state index contributed by atoms with van der Waals surface area (Å²) in [5, 5.41) is 6.61. The largest absolute Gasteiger partial charge is 0.488 e. The fourth-order valence-electron chi connectivity index (χ4n) is 3.00. The summed E-state index contributed by atoms with van der Waals surface area (Å²) >= 11 is 0. The average Bonchev–Trinajstić information content (AvgIpc) is 3.15. The molecule has 162 valence electrons. The number of likely N-dealkylation sites (N-methyl/N-ethyl adjacent to an activating group) is 1. The molecule has 0 aromatic heterocycles. The van der Waals surface area contributed by atoms with Crippen LogP contribution in [0.5, 0.6) is 11.5 Å². The number of nitrogens with zero attached hydrogens (tertiary/aromatic N) is 2. The summed E-state index contributed by atoms with van der Waals surface area (Å²) in [6, 6.07) is 15.8. The molecule has 0 bridgehead atoms. The molecule has 1 heterocycles. The Hall–Kier alpha value is -2.49. The van der Waals surface area contributed by atoms with Gasteiger partial charge in [-0.15, -0.1) is 24.0 Å². The lowest BCUT2D eigenvalue weighted by Gasteiger charge is -2.16. The van der Waals surface area contributed by atoms with Gasteiger partial charge in [-0.1, -0.05) is 30.3 Å². The SMILES string of the molecule is CN=C(NCc1cccc(OCC(=O)N(C)C)c1)NCC1Cc2ccccc2O1.I. The molecule has 3 rings (SSSR count). The second-order valence-corrected chi connectivity index (χ2v) is 7.08. The quantitative estimate of drug-likeness (QED) is 0.331. The van der Waals surface area contributed by atoms with Gasteiger partial charge in [0.05, 0.1) is 6.54 Å². The van der Waals surface area contributed by atoms with Crippen molar-refractivity contribution in [2.45, 2.75) is 19.1 Å².